The van der Waals surface area contributed by atoms with E-state index in [1.165, 1.54) is 48.5 Å². The second-order valence-electron chi connectivity index (χ2n) is 6.69. The van der Waals surface area contributed by atoms with E-state index in [1.54, 1.807) is 0 Å². The lowest BCUT2D eigenvalue weighted by atomic mass is 9.65. The molecule has 148 valence electrons. The summed E-state index contributed by atoms with van der Waals surface area (Å²) < 4.78 is 26.9. The average molecular weight is 416 g/mol. The van der Waals surface area contributed by atoms with Crippen molar-refractivity contribution in [3.8, 4) is 0 Å². The summed E-state index contributed by atoms with van der Waals surface area (Å²) in [4.78, 5) is 38.0. The molecule has 0 radical (unpaired) electrons. The molecule has 29 heavy (non-hydrogen) atoms. The number of nitrogens with one attached hydrogen (secondary N) is 4. The second kappa shape index (κ2) is 6.89. The van der Waals surface area contributed by atoms with Crippen molar-refractivity contribution in [3.05, 3.63) is 71.3 Å². The number of barbiturate groups is 1. The minimum atomic E-state index is -1.91. The molecule has 2 aliphatic heterocycles. The average Bonchev–Trinajstić information content (AvgIpc) is 2.67. The summed E-state index contributed by atoms with van der Waals surface area (Å²) in [6, 6.07) is 7.42. The van der Waals surface area contributed by atoms with Crippen LogP contribution in [-0.2, 0) is 9.59 Å². The predicted molar refractivity (Wildman–Crippen MR) is 101 cm³/mol. The molecule has 4 N–H and O–H groups in total. The summed E-state index contributed by atoms with van der Waals surface area (Å²) in [6.07, 6.45) is 0. The molecular weight excluding hydrogens is 402 g/mol. The molecule has 2 aliphatic rings. The van der Waals surface area contributed by atoms with Crippen LogP contribution < -0.4 is 21.3 Å². The van der Waals surface area contributed by atoms with Crippen LogP contribution in [0.3, 0.4) is 0 Å². The van der Waals surface area contributed by atoms with E-state index in [0.717, 1.165) is 0 Å². The Morgan fingerprint density at radius 3 is 1.48 bits per heavy atom. The molecule has 2 aromatic rings. The van der Waals surface area contributed by atoms with Crippen LogP contribution in [0, 0.1) is 17.0 Å². The lowest BCUT2D eigenvalue weighted by Gasteiger charge is -2.49. The molecule has 4 amide bonds. The molecule has 0 unspecified atom stereocenters. The van der Waals surface area contributed by atoms with Crippen LogP contribution in [-0.4, -0.2) is 23.0 Å². The van der Waals surface area contributed by atoms with Gasteiger partial charge in [0.2, 0.25) is 11.8 Å². The fourth-order valence-corrected chi connectivity index (χ4v) is 4.01. The zero-order valence-electron chi connectivity index (χ0n) is 14.7. The lowest BCUT2D eigenvalue weighted by Crippen LogP contribution is -2.73. The molecule has 4 rings (SSSR count). The van der Waals surface area contributed by atoms with Crippen molar-refractivity contribution in [2.24, 2.45) is 5.41 Å². The molecule has 0 aliphatic carbocycles. The van der Waals surface area contributed by atoms with Gasteiger partial charge in [0.1, 0.15) is 11.6 Å². The Balaban J connectivity index is 1.93. The number of thiocarbonyl (C=S) groups is 1. The number of hydrogen-bond acceptors (Lipinski definition) is 4. The first-order valence-corrected chi connectivity index (χ1v) is 8.98. The standard InChI is InChI=1S/C19H14F2N4O3S/c20-11-5-1-9(2-6-11)13-19(15(26)24-17(28)25-16(19)27)14(23-18(29)22-13)10-3-7-12(21)8-4-10/h1-8,13-14H,(H2,22,23,29)(H2,24,25,26,27,28)/t13-,14+. The van der Waals surface area contributed by atoms with Gasteiger partial charge in [0.15, 0.2) is 10.5 Å². The molecule has 2 saturated heterocycles. The fraction of sp³-hybridized carbons (Fsp3) is 0.158. The van der Waals surface area contributed by atoms with Gasteiger partial charge in [0, 0.05) is 0 Å². The smallest absolute Gasteiger partial charge is 0.328 e. The highest BCUT2D eigenvalue weighted by atomic mass is 32.1. The maximum absolute atomic E-state index is 13.5. The first-order chi connectivity index (χ1) is 13.8. The van der Waals surface area contributed by atoms with Crippen molar-refractivity contribution in [2.45, 2.75) is 12.1 Å². The third kappa shape index (κ3) is 3.01. The number of hydrogen-bond donors (Lipinski definition) is 4. The molecule has 0 saturated carbocycles. The van der Waals surface area contributed by atoms with Gasteiger partial charge in [-0.05, 0) is 47.6 Å². The van der Waals surface area contributed by atoms with Gasteiger partial charge in [-0.15, -0.1) is 0 Å². The Bertz CT molecular complexity index is 947. The van der Waals surface area contributed by atoms with Crippen molar-refractivity contribution >= 4 is 35.2 Å². The monoisotopic (exact) mass is 416 g/mol. The van der Waals surface area contributed by atoms with Crippen LogP contribution in [0.15, 0.2) is 48.5 Å². The molecular formula is C19H14F2N4O3S. The van der Waals surface area contributed by atoms with E-state index < -0.39 is 47.0 Å². The second-order valence-corrected chi connectivity index (χ2v) is 7.10. The highest BCUT2D eigenvalue weighted by Crippen LogP contribution is 2.48. The number of benzene rings is 2. The summed E-state index contributed by atoms with van der Waals surface area (Å²) in [7, 11) is 0. The van der Waals surface area contributed by atoms with Gasteiger partial charge in [-0.1, -0.05) is 24.3 Å². The molecule has 2 heterocycles. The van der Waals surface area contributed by atoms with Gasteiger partial charge < -0.3 is 10.6 Å². The van der Waals surface area contributed by atoms with Crippen LogP contribution in [0.2, 0.25) is 0 Å². The molecule has 0 bridgehead atoms. The van der Waals surface area contributed by atoms with Crippen LogP contribution >= 0.6 is 12.2 Å². The molecule has 2 fully saturated rings. The predicted octanol–water partition coefficient (Wildman–Crippen LogP) is 1.58. The van der Waals surface area contributed by atoms with Gasteiger partial charge in [0.05, 0.1) is 12.1 Å². The minimum absolute atomic E-state index is 0.136. The summed E-state index contributed by atoms with van der Waals surface area (Å²) in [5.74, 6) is -2.72. The number of halogens is 2. The summed E-state index contributed by atoms with van der Waals surface area (Å²) >= 11 is 5.26. The molecule has 0 aromatic heterocycles. The van der Waals surface area contributed by atoms with Crippen LogP contribution in [0.4, 0.5) is 13.6 Å². The van der Waals surface area contributed by atoms with Crippen LogP contribution in [0.25, 0.3) is 0 Å². The number of carbonyl (C=O) groups excluding carboxylic acids is 3. The summed E-state index contributed by atoms with van der Waals surface area (Å²) in [5, 5.41) is 10.2. The SMILES string of the molecule is O=C1NC(=O)C2(C(=O)N1)[C@@H](c1ccc(F)cc1)NC(=S)N[C@H]2c1ccc(F)cc1. The van der Waals surface area contributed by atoms with Gasteiger partial charge >= 0.3 is 6.03 Å². The Morgan fingerprint density at radius 2 is 1.10 bits per heavy atom. The number of rotatable bonds is 2. The molecule has 2 aromatic carbocycles. The van der Waals surface area contributed by atoms with E-state index in [-0.39, 0.29) is 5.11 Å². The number of amides is 4. The Morgan fingerprint density at radius 1 is 0.724 bits per heavy atom. The number of imide groups is 2. The quantitative estimate of drug-likeness (QED) is 0.438. The minimum Gasteiger partial charge on any atom is -0.354 e. The van der Waals surface area contributed by atoms with Crippen LogP contribution in [0.1, 0.15) is 23.2 Å². The molecule has 2 atom stereocenters. The maximum Gasteiger partial charge on any atom is 0.328 e. The Kier molecular flexibility index (Phi) is 4.50. The zero-order chi connectivity index (χ0) is 20.8. The van der Waals surface area contributed by atoms with E-state index in [1.807, 2.05) is 0 Å². The van der Waals surface area contributed by atoms with E-state index in [0.29, 0.717) is 11.1 Å². The highest BCUT2D eigenvalue weighted by Gasteiger charge is 2.63. The van der Waals surface area contributed by atoms with Gasteiger partial charge in [-0.25, -0.2) is 13.6 Å². The largest absolute Gasteiger partial charge is 0.354 e. The zero-order valence-corrected chi connectivity index (χ0v) is 15.5. The highest BCUT2D eigenvalue weighted by molar-refractivity contribution is 7.80. The van der Waals surface area contributed by atoms with Gasteiger partial charge in [-0.2, -0.15) is 0 Å². The molecule has 1 spiro atoms. The Hall–Kier alpha value is -3.40. The fourth-order valence-electron chi connectivity index (χ4n) is 3.77. The molecule has 10 heteroatoms. The summed E-state index contributed by atoms with van der Waals surface area (Å²) in [5.41, 5.74) is -1.10. The van der Waals surface area contributed by atoms with Crippen molar-refractivity contribution < 1.29 is 23.2 Å². The number of urea groups is 1. The van der Waals surface area contributed by atoms with E-state index in [4.69, 9.17) is 12.2 Å². The number of carbonyl (C=O) groups is 3. The topological polar surface area (TPSA) is 99.3 Å². The van der Waals surface area contributed by atoms with Crippen molar-refractivity contribution in [1.29, 1.82) is 0 Å². The van der Waals surface area contributed by atoms with E-state index in [2.05, 4.69) is 21.3 Å². The van der Waals surface area contributed by atoms with Crippen molar-refractivity contribution in [3.63, 3.8) is 0 Å². The third-order valence-electron chi connectivity index (χ3n) is 5.07. The van der Waals surface area contributed by atoms with E-state index >= 15 is 0 Å². The van der Waals surface area contributed by atoms with Crippen molar-refractivity contribution in [1.82, 2.24) is 21.3 Å². The first-order valence-electron chi connectivity index (χ1n) is 8.57. The van der Waals surface area contributed by atoms with Gasteiger partial charge in [0.25, 0.3) is 0 Å². The van der Waals surface area contributed by atoms with Gasteiger partial charge in [-0.3, -0.25) is 20.2 Å². The Labute approximate surface area is 168 Å². The van der Waals surface area contributed by atoms with E-state index in [9.17, 15) is 23.2 Å². The third-order valence-corrected chi connectivity index (χ3v) is 5.31. The normalized spacial score (nSPS) is 23.1. The van der Waals surface area contributed by atoms with Crippen molar-refractivity contribution in [2.75, 3.05) is 0 Å². The summed E-state index contributed by atoms with van der Waals surface area (Å²) in [6.45, 7) is 0. The lowest BCUT2D eigenvalue weighted by molar-refractivity contribution is -0.149. The first kappa shape index (κ1) is 18.9. The van der Waals surface area contributed by atoms with Crippen LogP contribution in [0.5, 0.6) is 0 Å². The molecule has 7 nitrogen and oxygen atoms in total. The maximum atomic E-state index is 13.5.